The lowest BCUT2D eigenvalue weighted by atomic mass is 9.96. The summed E-state index contributed by atoms with van der Waals surface area (Å²) in [5, 5.41) is 6.23. The molecular formula is C20H21N3O2. The van der Waals surface area contributed by atoms with E-state index in [1.165, 1.54) is 0 Å². The Morgan fingerprint density at radius 3 is 2.52 bits per heavy atom. The van der Waals surface area contributed by atoms with Crippen molar-refractivity contribution in [2.45, 2.75) is 25.9 Å². The fraction of sp³-hybridized carbons (Fsp3) is 0.300. The lowest BCUT2D eigenvalue weighted by Crippen LogP contribution is -2.60. The molecule has 2 aliphatic rings. The van der Waals surface area contributed by atoms with Crippen molar-refractivity contribution in [1.82, 2.24) is 5.32 Å². The highest BCUT2D eigenvalue weighted by atomic mass is 16.2. The molecule has 0 radical (unpaired) electrons. The molecule has 0 fully saturated rings. The first kappa shape index (κ1) is 15.7. The van der Waals surface area contributed by atoms with Gasteiger partial charge in [0.25, 0.3) is 11.8 Å². The van der Waals surface area contributed by atoms with Gasteiger partial charge in [0.2, 0.25) is 5.66 Å². The van der Waals surface area contributed by atoms with E-state index in [4.69, 9.17) is 0 Å². The van der Waals surface area contributed by atoms with Crippen LogP contribution in [0, 0.1) is 5.92 Å². The zero-order valence-corrected chi connectivity index (χ0v) is 14.4. The first-order valence-corrected chi connectivity index (χ1v) is 8.64. The van der Waals surface area contributed by atoms with E-state index >= 15 is 0 Å². The molecular weight excluding hydrogens is 314 g/mol. The Hall–Kier alpha value is -2.82. The number of benzene rings is 2. The predicted octanol–water partition coefficient (Wildman–Crippen LogP) is 3.09. The van der Waals surface area contributed by atoms with Crippen LogP contribution in [0.2, 0.25) is 0 Å². The maximum absolute atomic E-state index is 13.4. The number of carbonyl (C=O) groups is 2. The van der Waals surface area contributed by atoms with Crippen LogP contribution in [0.15, 0.2) is 48.5 Å². The Balaban J connectivity index is 1.80. The van der Waals surface area contributed by atoms with Gasteiger partial charge in [0, 0.05) is 17.8 Å². The Labute approximate surface area is 147 Å². The summed E-state index contributed by atoms with van der Waals surface area (Å²) >= 11 is 0. The number of amides is 2. The van der Waals surface area contributed by atoms with Crippen molar-refractivity contribution in [1.29, 1.82) is 0 Å². The third-order valence-electron chi connectivity index (χ3n) is 4.89. The average molecular weight is 335 g/mol. The van der Waals surface area contributed by atoms with Crippen molar-refractivity contribution < 1.29 is 9.59 Å². The second-order valence-corrected chi connectivity index (χ2v) is 7.03. The minimum atomic E-state index is -1.22. The van der Waals surface area contributed by atoms with Crippen molar-refractivity contribution >= 4 is 23.2 Å². The minimum absolute atomic E-state index is 0.128. The summed E-state index contributed by atoms with van der Waals surface area (Å²) in [7, 11) is 0. The first-order valence-electron chi connectivity index (χ1n) is 8.64. The van der Waals surface area contributed by atoms with Crippen molar-refractivity contribution in [2.24, 2.45) is 5.92 Å². The number of para-hydroxylation sites is 2. The summed E-state index contributed by atoms with van der Waals surface area (Å²) < 4.78 is 0. The van der Waals surface area contributed by atoms with Crippen molar-refractivity contribution in [2.75, 3.05) is 16.8 Å². The monoisotopic (exact) mass is 335 g/mol. The molecule has 2 aromatic rings. The van der Waals surface area contributed by atoms with Crippen molar-refractivity contribution in [3.63, 3.8) is 0 Å². The van der Waals surface area contributed by atoms with Gasteiger partial charge >= 0.3 is 0 Å². The number of hydrogen-bond donors (Lipinski definition) is 2. The molecule has 0 aliphatic carbocycles. The molecule has 1 atom stereocenters. The number of fused-ring (bicyclic) bond motifs is 3. The molecule has 0 bridgehead atoms. The van der Waals surface area contributed by atoms with Gasteiger partial charge in [-0.3, -0.25) is 9.59 Å². The van der Waals surface area contributed by atoms with Gasteiger partial charge in [0.1, 0.15) is 0 Å². The summed E-state index contributed by atoms with van der Waals surface area (Å²) in [6.07, 6.45) is 0.903. The van der Waals surface area contributed by atoms with Gasteiger partial charge in [-0.15, -0.1) is 0 Å². The van der Waals surface area contributed by atoms with E-state index < -0.39 is 5.66 Å². The zero-order valence-electron chi connectivity index (χ0n) is 14.4. The number of nitrogens with zero attached hydrogens (tertiary/aromatic N) is 1. The molecule has 2 aromatic carbocycles. The fourth-order valence-electron chi connectivity index (χ4n) is 3.57. The molecule has 5 heteroatoms. The van der Waals surface area contributed by atoms with E-state index in [2.05, 4.69) is 24.5 Å². The molecule has 5 nitrogen and oxygen atoms in total. The zero-order chi connectivity index (χ0) is 17.6. The van der Waals surface area contributed by atoms with Gasteiger partial charge in [-0.1, -0.05) is 44.2 Å². The van der Waals surface area contributed by atoms with Gasteiger partial charge in [-0.2, -0.15) is 0 Å². The molecule has 2 amide bonds. The minimum Gasteiger partial charge on any atom is -0.350 e. The second-order valence-electron chi connectivity index (χ2n) is 7.03. The third kappa shape index (κ3) is 2.30. The van der Waals surface area contributed by atoms with Crippen LogP contribution in [0.5, 0.6) is 0 Å². The number of hydrogen-bond acceptors (Lipinski definition) is 3. The molecule has 0 saturated heterocycles. The normalized spacial score (nSPS) is 21.2. The first-order chi connectivity index (χ1) is 12.0. The van der Waals surface area contributed by atoms with Gasteiger partial charge in [0.05, 0.1) is 11.3 Å². The van der Waals surface area contributed by atoms with Crippen LogP contribution in [0.25, 0.3) is 0 Å². The Kier molecular flexibility index (Phi) is 3.53. The van der Waals surface area contributed by atoms with Crippen LogP contribution in [0.1, 0.15) is 36.2 Å². The molecule has 128 valence electrons. The maximum Gasteiger partial charge on any atom is 0.278 e. The Morgan fingerprint density at radius 1 is 1.00 bits per heavy atom. The van der Waals surface area contributed by atoms with Gasteiger partial charge in [-0.05, 0) is 30.5 Å². The number of rotatable bonds is 3. The van der Waals surface area contributed by atoms with Gasteiger partial charge in [-0.25, -0.2) is 0 Å². The predicted molar refractivity (Wildman–Crippen MR) is 97.5 cm³/mol. The van der Waals surface area contributed by atoms with Gasteiger partial charge in [0.15, 0.2) is 0 Å². The topological polar surface area (TPSA) is 61.4 Å². The lowest BCUT2D eigenvalue weighted by Gasteiger charge is -2.36. The van der Waals surface area contributed by atoms with E-state index in [1.54, 1.807) is 11.0 Å². The summed E-state index contributed by atoms with van der Waals surface area (Å²) in [6, 6.07) is 14.9. The second kappa shape index (κ2) is 5.62. The van der Waals surface area contributed by atoms with E-state index in [0.29, 0.717) is 23.7 Å². The third-order valence-corrected chi connectivity index (χ3v) is 4.89. The maximum atomic E-state index is 13.4. The van der Waals surface area contributed by atoms with Crippen LogP contribution in [0.4, 0.5) is 11.4 Å². The summed E-state index contributed by atoms with van der Waals surface area (Å²) in [4.78, 5) is 27.8. The number of anilines is 2. The average Bonchev–Trinajstić information content (AvgIpc) is 2.82. The fourth-order valence-corrected chi connectivity index (χ4v) is 3.57. The van der Waals surface area contributed by atoms with Crippen LogP contribution in [-0.2, 0) is 10.5 Å². The molecule has 2 heterocycles. The smallest absolute Gasteiger partial charge is 0.278 e. The van der Waals surface area contributed by atoms with Crippen molar-refractivity contribution in [3.05, 3.63) is 59.7 Å². The van der Waals surface area contributed by atoms with E-state index in [9.17, 15) is 9.59 Å². The summed E-state index contributed by atoms with van der Waals surface area (Å²) in [6.45, 7) is 4.91. The summed E-state index contributed by atoms with van der Waals surface area (Å²) in [5.41, 5.74) is 1.67. The molecule has 0 saturated carbocycles. The SMILES string of the molecule is CC(C)CCN1C(=O)C2(NC(=O)c3ccccc3N2)c2ccccc21. The molecule has 2 N–H and O–H groups in total. The standard InChI is InChI=1S/C20H21N3O2/c1-13(2)11-12-23-17-10-6-4-8-15(17)20(19(23)25)21-16-9-5-3-7-14(16)18(24)22-20/h3-10,13,21H,11-12H2,1-2H3,(H,22,24). The van der Waals surface area contributed by atoms with Crippen LogP contribution >= 0.6 is 0 Å². The quantitative estimate of drug-likeness (QED) is 0.906. The Morgan fingerprint density at radius 2 is 1.72 bits per heavy atom. The van der Waals surface area contributed by atoms with Crippen LogP contribution < -0.4 is 15.5 Å². The highest BCUT2D eigenvalue weighted by Gasteiger charge is 2.54. The van der Waals surface area contributed by atoms with Crippen LogP contribution in [-0.4, -0.2) is 18.4 Å². The molecule has 4 rings (SSSR count). The van der Waals surface area contributed by atoms with E-state index in [0.717, 1.165) is 17.7 Å². The molecule has 25 heavy (non-hydrogen) atoms. The van der Waals surface area contributed by atoms with E-state index in [-0.39, 0.29) is 11.8 Å². The Bertz CT molecular complexity index is 862. The molecule has 0 aromatic heterocycles. The van der Waals surface area contributed by atoms with Crippen LogP contribution in [0.3, 0.4) is 0 Å². The largest absolute Gasteiger partial charge is 0.350 e. The summed E-state index contributed by atoms with van der Waals surface area (Å²) in [5.74, 6) is 0.131. The van der Waals surface area contributed by atoms with Gasteiger partial charge < -0.3 is 15.5 Å². The lowest BCUT2D eigenvalue weighted by molar-refractivity contribution is -0.123. The van der Waals surface area contributed by atoms with Crippen molar-refractivity contribution in [3.8, 4) is 0 Å². The highest BCUT2D eigenvalue weighted by molar-refractivity contribution is 6.15. The molecule has 2 aliphatic heterocycles. The number of carbonyl (C=O) groups excluding carboxylic acids is 2. The van der Waals surface area contributed by atoms with E-state index in [1.807, 2.05) is 42.5 Å². The number of nitrogens with one attached hydrogen (secondary N) is 2. The highest BCUT2D eigenvalue weighted by Crippen LogP contribution is 2.43. The molecule has 1 spiro atoms. The molecule has 1 unspecified atom stereocenters.